The highest BCUT2D eigenvalue weighted by Gasteiger charge is 1.92. The summed E-state index contributed by atoms with van der Waals surface area (Å²) in [6, 6.07) is 0. The summed E-state index contributed by atoms with van der Waals surface area (Å²) >= 11 is 0. The number of aliphatic carboxylic acids is 2. The largest absolute Gasteiger partial charge is 0.631 e. The van der Waals surface area contributed by atoms with Crippen LogP contribution in [0.4, 0.5) is 0 Å². The van der Waals surface area contributed by atoms with Gasteiger partial charge in [-0.2, -0.15) is 0 Å². The van der Waals surface area contributed by atoms with E-state index in [9.17, 15) is 9.59 Å². The molecule has 0 radical (unpaired) electrons. The molecule has 0 aliphatic heterocycles. The minimum Gasteiger partial charge on any atom is -0.481 e. The Morgan fingerprint density at radius 1 is 0.875 bits per heavy atom. The van der Waals surface area contributed by atoms with Gasteiger partial charge in [-0.15, -0.1) is 0 Å². The topological polar surface area (TPSA) is 135 Å². The number of hydrogen-bond acceptors (Lipinski definition) is 5. The Labute approximate surface area is 94.5 Å². The van der Waals surface area contributed by atoms with Crippen LogP contribution < -0.4 is 0 Å². The molecule has 0 spiro atoms. The summed E-state index contributed by atoms with van der Waals surface area (Å²) in [5.74, 6) is -1.42. The van der Waals surface area contributed by atoms with Crippen LogP contribution in [0.5, 0.6) is 0 Å². The SMILES string of the molecule is CCCC(=O)O.CCCC(=O)O.OB(O)O. The van der Waals surface area contributed by atoms with Crippen molar-refractivity contribution in [3.63, 3.8) is 0 Å². The van der Waals surface area contributed by atoms with Crippen LogP contribution in [0.3, 0.4) is 0 Å². The summed E-state index contributed by atoms with van der Waals surface area (Å²) in [5.41, 5.74) is 0. The van der Waals surface area contributed by atoms with E-state index in [0.29, 0.717) is 12.8 Å². The Balaban J connectivity index is -0.000000162. The second kappa shape index (κ2) is 16.3. The highest BCUT2D eigenvalue weighted by atomic mass is 16.5. The van der Waals surface area contributed by atoms with Crippen LogP contribution in [-0.2, 0) is 9.59 Å². The third-order valence-corrected chi connectivity index (χ3v) is 0.928. The first-order chi connectivity index (χ1) is 7.27. The molecule has 5 N–H and O–H groups in total. The van der Waals surface area contributed by atoms with Crippen LogP contribution >= 0.6 is 0 Å². The van der Waals surface area contributed by atoms with Crippen LogP contribution in [0, 0.1) is 0 Å². The molecule has 0 aliphatic rings. The normalized spacial score (nSPS) is 7.81. The molecule has 0 amide bonds. The minimum absolute atomic E-state index is 0.292. The predicted molar refractivity (Wildman–Crippen MR) is 57.5 cm³/mol. The zero-order chi connectivity index (χ0) is 13.6. The molecule has 0 saturated heterocycles. The molecule has 0 rings (SSSR count). The van der Waals surface area contributed by atoms with Gasteiger partial charge in [-0.3, -0.25) is 9.59 Å². The highest BCUT2D eigenvalue weighted by molar-refractivity contribution is 6.30. The summed E-state index contributed by atoms with van der Waals surface area (Å²) in [5, 5.41) is 37.3. The molecule has 0 aromatic heterocycles. The van der Waals surface area contributed by atoms with E-state index in [0.717, 1.165) is 12.8 Å². The van der Waals surface area contributed by atoms with Crippen molar-refractivity contribution in [2.45, 2.75) is 39.5 Å². The van der Waals surface area contributed by atoms with Crippen LogP contribution in [0.25, 0.3) is 0 Å². The Kier molecular flexibility index (Phi) is 20.7. The lowest BCUT2D eigenvalue weighted by atomic mass is 10.3. The predicted octanol–water partition coefficient (Wildman–Crippen LogP) is -0.310. The first-order valence-electron chi connectivity index (χ1n) is 4.75. The van der Waals surface area contributed by atoms with Gasteiger partial charge in [0.05, 0.1) is 0 Å². The van der Waals surface area contributed by atoms with Crippen molar-refractivity contribution in [2.75, 3.05) is 0 Å². The van der Waals surface area contributed by atoms with Crippen molar-refractivity contribution in [2.24, 2.45) is 0 Å². The van der Waals surface area contributed by atoms with E-state index in [4.69, 9.17) is 25.3 Å². The lowest BCUT2D eigenvalue weighted by molar-refractivity contribution is -0.138. The van der Waals surface area contributed by atoms with E-state index in [1.807, 2.05) is 13.8 Å². The summed E-state index contributed by atoms with van der Waals surface area (Å²) in [6.45, 7) is 3.68. The van der Waals surface area contributed by atoms with Crippen LogP contribution in [-0.4, -0.2) is 44.5 Å². The molecule has 0 fully saturated rings. The zero-order valence-corrected chi connectivity index (χ0v) is 9.46. The van der Waals surface area contributed by atoms with Crippen LogP contribution in [0.15, 0.2) is 0 Å². The summed E-state index contributed by atoms with van der Waals surface area (Å²) in [4.78, 5) is 19.2. The van der Waals surface area contributed by atoms with Gasteiger partial charge in [0.25, 0.3) is 0 Å². The van der Waals surface area contributed by atoms with Gasteiger partial charge in [0.2, 0.25) is 0 Å². The van der Waals surface area contributed by atoms with E-state index in [-0.39, 0.29) is 0 Å². The fourth-order valence-corrected chi connectivity index (χ4v) is 0.428. The molecule has 0 aliphatic carbocycles. The standard InChI is InChI=1S/2C4H8O2.BH3O3/c2*1-2-3-4(5)6;2-1(3)4/h2*2-3H2,1H3,(H,5,6);2-4H. The van der Waals surface area contributed by atoms with Crippen molar-refractivity contribution >= 4 is 19.3 Å². The molecule has 0 bridgehead atoms. The van der Waals surface area contributed by atoms with Gasteiger partial charge in [-0.05, 0) is 12.8 Å². The second-order valence-electron chi connectivity index (χ2n) is 2.63. The lowest BCUT2D eigenvalue weighted by Gasteiger charge is -1.79. The molecule has 0 aromatic rings. The van der Waals surface area contributed by atoms with Gasteiger partial charge in [0, 0.05) is 12.8 Å². The van der Waals surface area contributed by atoms with Gasteiger partial charge in [0.15, 0.2) is 0 Å². The maximum absolute atomic E-state index is 9.60. The Morgan fingerprint density at radius 3 is 1.06 bits per heavy atom. The van der Waals surface area contributed by atoms with Crippen molar-refractivity contribution in [3.05, 3.63) is 0 Å². The fourth-order valence-electron chi connectivity index (χ4n) is 0.428. The molecule has 0 aromatic carbocycles. The summed E-state index contributed by atoms with van der Waals surface area (Å²) in [6.07, 6.45) is 2.05. The number of rotatable bonds is 4. The Morgan fingerprint density at radius 2 is 1.06 bits per heavy atom. The second-order valence-corrected chi connectivity index (χ2v) is 2.63. The van der Waals surface area contributed by atoms with E-state index in [1.165, 1.54) is 0 Å². The highest BCUT2D eigenvalue weighted by Crippen LogP contribution is 1.82. The molecule has 0 saturated carbocycles. The number of carboxylic acids is 2. The van der Waals surface area contributed by atoms with E-state index >= 15 is 0 Å². The number of carboxylic acid groups (broad SMARTS) is 2. The lowest BCUT2D eigenvalue weighted by Crippen LogP contribution is -2.07. The Hall–Kier alpha value is -1.12. The first-order valence-corrected chi connectivity index (χ1v) is 4.75. The zero-order valence-electron chi connectivity index (χ0n) is 9.46. The van der Waals surface area contributed by atoms with Gasteiger partial charge in [0.1, 0.15) is 0 Å². The molecular formula is C8H19BO7. The maximum atomic E-state index is 9.60. The van der Waals surface area contributed by atoms with Gasteiger partial charge in [-0.1, -0.05) is 13.8 Å². The van der Waals surface area contributed by atoms with E-state index < -0.39 is 19.3 Å². The van der Waals surface area contributed by atoms with Crippen molar-refractivity contribution in [1.82, 2.24) is 0 Å². The van der Waals surface area contributed by atoms with Crippen molar-refractivity contribution in [3.8, 4) is 0 Å². The fraction of sp³-hybridized carbons (Fsp3) is 0.750. The molecule has 0 atom stereocenters. The third kappa shape index (κ3) is 76.3. The molecule has 7 nitrogen and oxygen atoms in total. The number of carbonyl (C=O) groups is 2. The average molecular weight is 238 g/mol. The van der Waals surface area contributed by atoms with Gasteiger partial charge in [-0.25, -0.2) is 0 Å². The van der Waals surface area contributed by atoms with Crippen molar-refractivity contribution < 1.29 is 34.9 Å². The van der Waals surface area contributed by atoms with Gasteiger partial charge < -0.3 is 25.3 Å². The monoisotopic (exact) mass is 238 g/mol. The summed E-state index contributed by atoms with van der Waals surface area (Å²) < 4.78 is 0. The van der Waals surface area contributed by atoms with Crippen molar-refractivity contribution in [1.29, 1.82) is 0 Å². The smallest absolute Gasteiger partial charge is 0.481 e. The molecule has 16 heavy (non-hydrogen) atoms. The summed E-state index contributed by atoms with van der Waals surface area (Å²) in [7, 11) is -2.17. The number of hydrogen-bond donors (Lipinski definition) is 5. The molecule has 0 unspecified atom stereocenters. The van der Waals surface area contributed by atoms with Gasteiger partial charge >= 0.3 is 19.3 Å². The quantitative estimate of drug-likeness (QED) is 0.424. The minimum atomic E-state index is -2.17. The van der Waals surface area contributed by atoms with E-state index in [2.05, 4.69) is 0 Å². The Bertz CT molecular complexity index is 153. The molecule has 8 heteroatoms. The molecule has 96 valence electrons. The van der Waals surface area contributed by atoms with Crippen LogP contribution in [0.1, 0.15) is 39.5 Å². The van der Waals surface area contributed by atoms with Crippen LogP contribution in [0.2, 0.25) is 0 Å². The maximum Gasteiger partial charge on any atom is 0.631 e. The molecular weight excluding hydrogens is 219 g/mol. The molecule has 0 heterocycles. The average Bonchev–Trinajstić information content (AvgIpc) is 2.02. The third-order valence-electron chi connectivity index (χ3n) is 0.928. The first kappa shape index (κ1) is 20.3. The van der Waals surface area contributed by atoms with E-state index in [1.54, 1.807) is 0 Å².